The van der Waals surface area contributed by atoms with Crippen molar-refractivity contribution in [3.63, 3.8) is 0 Å². The molecule has 3 aromatic rings. The van der Waals surface area contributed by atoms with Crippen LogP contribution < -0.4 is 11.1 Å². The summed E-state index contributed by atoms with van der Waals surface area (Å²) in [5, 5.41) is 1.93. The molecule has 2 aromatic heterocycles. The first-order chi connectivity index (χ1) is 18.3. The molecule has 1 saturated heterocycles. The molecule has 0 radical (unpaired) electrons. The van der Waals surface area contributed by atoms with Gasteiger partial charge in [-0.25, -0.2) is 9.37 Å². The second-order valence-electron chi connectivity index (χ2n) is 9.46. The zero-order valence-corrected chi connectivity index (χ0v) is 22.0. The number of carbonyl (C=O) groups is 3. The van der Waals surface area contributed by atoms with E-state index in [-0.39, 0.29) is 17.6 Å². The Morgan fingerprint density at radius 3 is 2.36 bits per heavy atom. The smallest absolute Gasteiger partial charge is 0.368 e. The first kappa shape index (κ1) is 29.9. The predicted octanol–water partition coefficient (Wildman–Crippen LogP) is 4.32. The van der Waals surface area contributed by atoms with Crippen molar-refractivity contribution in [3.05, 3.63) is 71.0 Å². The van der Waals surface area contributed by atoms with E-state index < -0.39 is 30.0 Å². The van der Waals surface area contributed by atoms with Crippen LogP contribution in [0, 0.1) is 11.7 Å². The number of hydrogen-bond donors (Lipinski definition) is 2. The fraction of sp³-hybridized carbons (Fsp3) is 0.385. The molecule has 3 N–H and O–H groups in total. The number of carbonyl (C=O) groups excluding carboxylic acids is 3. The lowest BCUT2D eigenvalue weighted by Crippen LogP contribution is -2.51. The van der Waals surface area contributed by atoms with Crippen LogP contribution in [0.25, 0.3) is 5.52 Å². The molecule has 1 unspecified atom stereocenters. The second-order valence-corrected chi connectivity index (χ2v) is 9.90. The molecular weight excluding hydrogens is 542 g/mol. The summed E-state index contributed by atoms with van der Waals surface area (Å²) in [7, 11) is 0. The number of halogens is 5. The van der Waals surface area contributed by atoms with Gasteiger partial charge in [-0.15, -0.1) is 0 Å². The van der Waals surface area contributed by atoms with Gasteiger partial charge in [0.05, 0.1) is 18.0 Å². The predicted molar refractivity (Wildman–Crippen MR) is 136 cm³/mol. The zero-order valence-electron chi connectivity index (χ0n) is 21.2. The molecular formula is C26H28ClF4N5O3. The van der Waals surface area contributed by atoms with Gasteiger partial charge in [-0.3, -0.25) is 18.8 Å². The highest BCUT2D eigenvalue weighted by molar-refractivity contribution is 6.30. The lowest BCUT2D eigenvalue weighted by molar-refractivity contribution is -0.175. The molecule has 0 spiro atoms. The number of rotatable bonds is 5. The van der Waals surface area contributed by atoms with Gasteiger partial charge in [-0.05, 0) is 60.6 Å². The molecule has 0 aliphatic carbocycles. The molecule has 3 amide bonds. The number of alkyl halides is 3. The van der Waals surface area contributed by atoms with Gasteiger partial charge in [0.2, 0.25) is 5.91 Å². The summed E-state index contributed by atoms with van der Waals surface area (Å²) in [6.45, 7) is 4.24. The van der Waals surface area contributed by atoms with E-state index in [2.05, 4.69) is 4.98 Å². The summed E-state index contributed by atoms with van der Waals surface area (Å²) in [6, 6.07) is 8.98. The van der Waals surface area contributed by atoms with Gasteiger partial charge in [-0.1, -0.05) is 31.5 Å². The van der Waals surface area contributed by atoms with E-state index in [1.165, 1.54) is 25.2 Å². The summed E-state index contributed by atoms with van der Waals surface area (Å²) in [5.41, 5.74) is 7.23. The van der Waals surface area contributed by atoms with E-state index in [4.69, 9.17) is 17.3 Å². The van der Waals surface area contributed by atoms with Crippen LogP contribution in [0.5, 0.6) is 0 Å². The van der Waals surface area contributed by atoms with E-state index in [9.17, 15) is 31.9 Å². The van der Waals surface area contributed by atoms with Gasteiger partial charge >= 0.3 is 12.1 Å². The van der Waals surface area contributed by atoms with Crippen molar-refractivity contribution in [2.45, 2.75) is 44.8 Å². The van der Waals surface area contributed by atoms with Crippen molar-refractivity contribution in [2.75, 3.05) is 13.1 Å². The minimum absolute atomic E-state index is 0.000625. The first-order valence-electron chi connectivity index (χ1n) is 12.1. The highest BCUT2D eigenvalue weighted by Gasteiger charge is 2.41. The van der Waals surface area contributed by atoms with Crippen LogP contribution in [0.4, 0.5) is 17.6 Å². The van der Waals surface area contributed by atoms with Crippen LogP contribution in [0.2, 0.25) is 5.02 Å². The summed E-state index contributed by atoms with van der Waals surface area (Å²) < 4.78 is 50.7. The molecule has 1 fully saturated rings. The molecule has 0 saturated carbocycles. The number of piperidine rings is 1. The molecule has 1 aliphatic rings. The van der Waals surface area contributed by atoms with Crippen molar-refractivity contribution in [1.29, 1.82) is 0 Å². The Hall–Kier alpha value is -3.67. The monoisotopic (exact) mass is 569 g/mol. The fourth-order valence-corrected chi connectivity index (χ4v) is 4.53. The lowest BCUT2D eigenvalue weighted by atomic mass is 9.89. The quantitative estimate of drug-likeness (QED) is 0.446. The summed E-state index contributed by atoms with van der Waals surface area (Å²) in [4.78, 5) is 39.9. The number of hydrogen-bond acceptors (Lipinski definition) is 4. The number of fused-ring (bicyclic) bond motifs is 1. The number of benzene rings is 1. The van der Waals surface area contributed by atoms with Crippen molar-refractivity contribution in [3.8, 4) is 0 Å². The molecule has 1 aromatic carbocycles. The van der Waals surface area contributed by atoms with Crippen molar-refractivity contribution in [1.82, 2.24) is 19.6 Å². The Bertz CT molecular complexity index is 1320. The number of likely N-dealkylation sites (tertiary alicyclic amines) is 1. The van der Waals surface area contributed by atoms with Crippen LogP contribution in [-0.2, 0) is 9.59 Å². The van der Waals surface area contributed by atoms with Crippen molar-refractivity contribution >= 4 is 34.8 Å². The van der Waals surface area contributed by atoms with E-state index in [0.717, 1.165) is 23.9 Å². The Balaban J connectivity index is 0.000000258. The number of nitrogens with one attached hydrogen (secondary N) is 1. The summed E-state index contributed by atoms with van der Waals surface area (Å²) in [6.07, 6.45) is -0.0137. The topological polar surface area (TPSA) is 110 Å². The minimum Gasteiger partial charge on any atom is -0.368 e. The molecule has 1 atom stereocenters. The molecule has 3 heterocycles. The number of nitrogens with two attached hydrogens (primary N) is 1. The Morgan fingerprint density at radius 2 is 1.79 bits per heavy atom. The zero-order chi connectivity index (χ0) is 28.9. The maximum atomic E-state index is 13.6. The molecule has 8 nitrogen and oxygen atoms in total. The standard InChI is InChI=1S/C19H17ClFN3O.C7H11F3N2O2/c20-15-8-14(9-16(21)10-15)13-4-6-23(7-5-13)19(25)18-3-1-2-17-11-22-12-24(17)18;1-3(2)4(5(11)13)12-6(14)7(8,9)10/h1-3,8-13H,4-7H2;3-4H,1-2H3,(H2,11,13)(H,12,14). The van der Waals surface area contributed by atoms with Gasteiger partial charge in [0.1, 0.15) is 17.6 Å². The van der Waals surface area contributed by atoms with Gasteiger partial charge in [0.15, 0.2) is 0 Å². The maximum Gasteiger partial charge on any atom is 0.471 e. The van der Waals surface area contributed by atoms with Crippen molar-refractivity contribution < 1.29 is 31.9 Å². The number of nitrogens with zero attached hydrogens (tertiary/aromatic N) is 3. The van der Waals surface area contributed by atoms with E-state index in [1.807, 2.05) is 29.2 Å². The van der Waals surface area contributed by atoms with Gasteiger partial charge < -0.3 is 16.0 Å². The van der Waals surface area contributed by atoms with Gasteiger partial charge in [0, 0.05) is 18.1 Å². The first-order valence-corrected chi connectivity index (χ1v) is 12.5. The van der Waals surface area contributed by atoms with E-state index >= 15 is 0 Å². The third-order valence-electron chi connectivity index (χ3n) is 6.32. The van der Waals surface area contributed by atoms with Crippen LogP contribution >= 0.6 is 11.6 Å². The fourth-order valence-electron chi connectivity index (χ4n) is 4.30. The number of aromatic nitrogens is 2. The largest absolute Gasteiger partial charge is 0.471 e. The molecule has 0 bridgehead atoms. The maximum absolute atomic E-state index is 13.6. The molecule has 1 aliphatic heterocycles. The number of primary amides is 1. The van der Waals surface area contributed by atoms with E-state index in [1.54, 1.807) is 23.0 Å². The number of pyridine rings is 1. The average Bonchev–Trinajstić information content (AvgIpc) is 3.35. The van der Waals surface area contributed by atoms with E-state index in [0.29, 0.717) is 23.8 Å². The van der Waals surface area contributed by atoms with Crippen LogP contribution in [0.3, 0.4) is 0 Å². The third kappa shape index (κ3) is 7.69. The molecule has 4 rings (SSSR count). The van der Waals surface area contributed by atoms with Crippen molar-refractivity contribution in [2.24, 2.45) is 11.7 Å². The molecule has 39 heavy (non-hydrogen) atoms. The molecule has 210 valence electrons. The second kappa shape index (κ2) is 12.5. The summed E-state index contributed by atoms with van der Waals surface area (Å²) in [5.74, 6) is -3.72. The van der Waals surface area contributed by atoms with Crippen LogP contribution in [0.15, 0.2) is 48.9 Å². The van der Waals surface area contributed by atoms with Gasteiger partial charge in [-0.2, -0.15) is 13.2 Å². The lowest BCUT2D eigenvalue weighted by Gasteiger charge is -2.32. The molecule has 13 heteroatoms. The number of amides is 3. The van der Waals surface area contributed by atoms with Crippen LogP contribution in [0.1, 0.15) is 48.7 Å². The SMILES string of the molecule is CC(C)C(NC(=O)C(F)(F)F)C(N)=O.O=C(c1cccc2cncn12)N1CCC(c2cc(F)cc(Cl)c2)CC1. The van der Waals surface area contributed by atoms with Gasteiger partial charge in [0.25, 0.3) is 5.91 Å². The highest BCUT2D eigenvalue weighted by atomic mass is 35.5. The average molecular weight is 570 g/mol. The Morgan fingerprint density at radius 1 is 1.13 bits per heavy atom. The highest BCUT2D eigenvalue weighted by Crippen LogP contribution is 2.31. The normalized spacial score (nSPS) is 15.0. The third-order valence-corrected chi connectivity index (χ3v) is 6.54. The summed E-state index contributed by atoms with van der Waals surface area (Å²) >= 11 is 5.96. The number of imidazole rings is 1. The minimum atomic E-state index is -5.00. The Kier molecular flexibility index (Phi) is 9.54. The Labute approximate surface area is 227 Å². The van der Waals surface area contributed by atoms with Crippen LogP contribution in [-0.4, -0.2) is 57.3 Å².